The van der Waals surface area contributed by atoms with E-state index < -0.39 is 30.8 Å². The van der Waals surface area contributed by atoms with Crippen LogP contribution < -0.4 is 11.1 Å². The Kier molecular flexibility index (Phi) is 5.83. The van der Waals surface area contributed by atoms with E-state index in [1.807, 2.05) is 6.92 Å². The summed E-state index contributed by atoms with van der Waals surface area (Å²) in [5.41, 5.74) is 6.66. The number of halogens is 3. The number of ether oxygens (including phenoxy) is 1. The highest BCUT2D eigenvalue weighted by Crippen LogP contribution is 2.33. The molecule has 1 aromatic heterocycles. The van der Waals surface area contributed by atoms with Crippen molar-refractivity contribution in [2.75, 3.05) is 17.7 Å². The number of nitrogens with two attached hydrogens (primary N) is 1. The molecule has 9 heteroatoms. The smallest absolute Gasteiger partial charge is 0.296 e. The molecule has 0 bridgehead atoms. The van der Waals surface area contributed by atoms with Gasteiger partial charge in [-0.15, -0.1) is 0 Å². The van der Waals surface area contributed by atoms with Gasteiger partial charge < -0.3 is 21.2 Å². The molecule has 0 spiro atoms. The summed E-state index contributed by atoms with van der Waals surface area (Å²) in [4.78, 5) is 7.77. The van der Waals surface area contributed by atoms with E-state index >= 15 is 0 Å². The number of rotatable bonds is 7. The predicted molar refractivity (Wildman–Crippen MR) is 101 cm³/mol. The molecule has 0 unspecified atom stereocenters. The lowest BCUT2D eigenvalue weighted by Gasteiger charge is -2.23. The third kappa shape index (κ3) is 4.24. The van der Waals surface area contributed by atoms with Crippen molar-refractivity contribution in [3.05, 3.63) is 47.3 Å². The number of hydrogen-bond donors (Lipinski definition) is 3. The maximum absolute atomic E-state index is 14.7. The zero-order valence-corrected chi connectivity index (χ0v) is 15.3. The van der Waals surface area contributed by atoms with Crippen molar-refractivity contribution in [2.24, 2.45) is 0 Å². The molecule has 2 aromatic rings. The van der Waals surface area contributed by atoms with Gasteiger partial charge in [0.2, 0.25) is 0 Å². The van der Waals surface area contributed by atoms with Gasteiger partial charge in [-0.3, -0.25) is 0 Å². The zero-order chi connectivity index (χ0) is 20.3. The van der Waals surface area contributed by atoms with Crippen LogP contribution in [0.15, 0.2) is 30.6 Å². The van der Waals surface area contributed by atoms with E-state index in [9.17, 15) is 13.2 Å². The van der Waals surface area contributed by atoms with E-state index in [-0.39, 0.29) is 22.8 Å². The fraction of sp³-hybridized carbons (Fsp3) is 0.421. The van der Waals surface area contributed by atoms with Gasteiger partial charge in [0.25, 0.3) is 5.92 Å². The second kappa shape index (κ2) is 8.14. The van der Waals surface area contributed by atoms with Gasteiger partial charge in [-0.2, -0.15) is 8.78 Å². The van der Waals surface area contributed by atoms with Crippen molar-refractivity contribution >= 4 is 17.9 Å². The summed E-state index contributed by atoms with van der Waals surface area (Å²) >= 11 is 0. The summed E-state index contributed by atoms with van der Waals surface area (Å²) in [6.45, 7) is 0.924. The van der Waals surface area contributed by atoms with Crippen LogP contribution in [0.25, 0.3) is 0 Å². The van der Waals surface area contributed by atoms with Crippen LogP contribution in [0.5, 0.6) is 0 Å². The molecule has 1 heterocycles. The highest BCUT2D eigenvalue weighted by Gasteiger charge is 2.41. The summed E-state index contributed by atoms with van der Waals surface area (Å²) in [6, 6.07) is 5.23. The Morgan fingerprint density at radius 2 is 2.00 bits per heavy atom. The average molecular weight is 393 g/mol. The number of aryl methyl sites for hydroxylation is 1. The Labute approximate surface area is 160 Å². The fourth-order valence-electron chi connectivity index (χ4n) is 3.18. The summed E-state index contributed by atoms with van der Waals surface area (Å²) in [5, 5.41) is 10.3. The molecule has 1 fully saturated rings. The van der Waals surface area contributed by atoms with Crippen LogP contribution in [-0.4, -0.2) is 41.1 Å². The largest absolute Gasteiger partial charge is 0.383 e. The number of nitrogens with zero attached hydrogens (tertiary/aromatic N) is 2. The molecular formula is C19H22F3N5O. The molecule has 6 nitrogen and oxygen atoms in total. The Morgan fingerprint density at radius 3 is 2.68 bits per heavy atom. The minimum atomic E-state index is -3.20. The molecule has 150 valence electrons. The van der Waals surface area contributed by atoms with Gasteiger partial charge >= 0.3 is 0 Å². The number of anilines is 2. The molecule has 1 aliphatic rings. The Bertz CT molecular complexity index is 831. The molecule has 0 radical (unpaired) electrons. The van der Waals surface area contributed by atoms with Crippen LogP contribution in [0.4, 0.5) is 24.8 Å². The van der Waals surface area contributed by atoms with E-state index in [0.29, 0.717) is 12.8 Å². The first-order chi connectivity index (χ1) is 13.3. The molecule has 1 saturated carbocycles. The van der Waals surface area contributed by atoms with Crippen LogP contribution in [0.3, 0.4) is 0 Å². The van der Waals surface area contributed by atoms with Gasteiger partial charge in [0.05, 0.1) is 17.7 Å². The molecule has 0 amide bonds. The van der Waals surface area contributed by atoms with Crippen LogP contribution in [0, 0.1) is 12.3 Å². The maximum atomic E-state index is 14.7. The topological polar surface area (TPSA) is 96.9 Å². The van der Waals surface area contributed by atoms with E-state index in [4.69, 9.17) is 15.9 Å². The quantitative estimate of drug-likeness (QED) is 0.626. The minimum Gasteiger partial charge on any atom is -0.383 e. The first-order valence-electron chi connectivity index (χ1n) is 8.90. The van der Waals surface area contributed by atoms with Crippen molar-refractivity contribution in [3.8, 4) is 0 Å². The first-order valence-corrected chi connectivity index (χ1v) is 8.90. The summed E-state index contributed by atoms with van der Waals surface area (Å²) < 4.78 is 48.7. The van der Waals surface area contributed by atoms with E-state index in [1.165, 1.54) is 18.5 Å². The number of nitrogens with one attached hydrogen (secondary N) is 2. The Balaban J connectivity index is 1.61. The van der Waals surface area contributed by atoms with Crippen molar-refractivity contribution in [1.82, 2.24) is 9.97 Å². The van der Waals surface area contributed by atoms with Crippen LogP contribution in [0.2, 0.25) is 0 Å². The van der Waals surface area contributed by atoms with E-state index in [0.717, 1.165) is 11.8 Å². The highest BCUT2D eigenvalue weighted by molar-refractivity contribution is 5.89. The number of alkyl halides is 3. The average Bonchev–Trinajstić information content (AvgIpc) is 3.00. The summed E-state index contributed by atoms with van der Waals surface area (Å²) in [6.07, 6.45) is 0.422. The number of hydrogen-bond acceptors (Lipinski definition) is 6. The molecule has 0 aliphatic heterocycles. The lowest BCUT2D eigenvalue weighted by atomic mass is 10.1. The predicted octanol–water partition coefficient (Wildman–Crippen LogP) is 3.45. The standard InChI is InChI=1S/C19H22F3N5O/c1-11-2-4-12(5-3-11)19(21,22)9-28-15-7-6-14(16(15)20)27-18-13(8-23)17(24)25-10-26-18/h2-5,8,10,14-16,23H,6-7,9H2,1H3,(H3,24,25,26,27)/t14-,15-,16+/m0/s1. The maximum Gasteiger partial charge on any atom is 0.296 e. The zero-order valence-electron chi connectivity index (χ0n) is 15.3. The molecule has 1 aromatic carbocycles. The monoisotopic (exact) mass is 393 g/mol. The van der Waals surface area contributed by atoms with Gasteiger partial charge in [-0.25, -0.2) is 14.4 Å². The van der Waals surface area contributed by atoms with Crippen molar-refractivity contribution in [1.29, 1.82) is 5.41 Å². The first kappa shape index (κ1) is 20.1. The van der Waals surface area contributed by atoms with Gasteiger partial charge in [-0.05, 0) is 19.8 Å². The SMILES string of the molecule is Cc1ccc(C(F)(F)CO[C@H]2CC[C@H](Nc3ncnc(N)c3C=N)[C@H]2F)cc1. The molecule has 0 saturated heterocycles. The van der Waals surface area contributed by atoms with Crippen molar-refractivity contribution in [2.45, 2.75) is 44.0 Å². The molecule has 1 aliphatic carbocycles. The van der Waals surface area contributed by atoms with Gasteiger partial charge in [0.1, 0.15) is 30.7 Å². The van der Waals surface area contributed by atoms with E-state index in [2.05, 4.69) is 15.3 Å². The van der Waals surface area contributed by atoms with Crippen molar-refractivity contribution in [3.63, 3.8) is 0 Å². The van der Waals surface area contributed by atoms with Gasteiger partial charge in [0, 0.05) is 11.8 Å². The van der Waals surface area contributed by atoms with Gasteiger partial charge in [0.15, 0.2) is 0 Å². The molecule has 28 heavy (non-hydrogen) atoms. The summed E-state index contributed by atoms with van der Waals surface area (Å²) in [5.74, 6) is -2.86. The minimum absolute atomic E-state index is 0.103. The summed E-state index contributed by atoms with van der Waals surface area (Å²) in [7, 11) is 0. The van der Waals surface area contributed by atoms with E-state index in [1.54, 1.807) is 12.1 Å². The van der Waals surface area contributed by atoms with Gasteiger partial charge in [-0.1, -0.05) is 29.8 Å². The Morgan fingerprint density at radius 1 is 1.29 bits per heavy atom. The third-order valence-electron chi connectivity index (χ3n) is 4.84. The number of benzene rings is 1. The molecular weight excluding hydrogens is 371 g/mol. The number of aromatic nitrogens is 2. The lowest BCUT2D eigenvalue weighted by Crippen LogP contribution is -2.35. The van der Waals surface area contributed by atoms with Crippen LogP contribution >= 0.6 is 0 Å². The molecule has 4 N–H and O–H groups in total. The second-order valence-corrected chi connectivity index (χ2v) is 6.86. The van der Waals surface area contributed by atoms with Crippen LogP contribution in [0.1, 0.15) is 29.5 Å². The van der Waals surface area contributed by atoms with Crippen LogP contribution in [-0.2, 0) is 10.7 Å². The normalized spacial score (nSPS) is 22.2. The molecule has 3 rings (SSSR count). The highest BCUT2D eigenvalue weighted by atomic mass is 19.3. The third-order valence-corrected chi connectivity index (χ3v) is 4.84. The fourth-order valence-corrected chi connectivity index (χ4v) is 3.18. The Hall–Kier alpha value is -2.68. The number of nitrogen functional groups attached to an aromatic ring is 1. The lowest BCUT2D eigenvalue weighted by molar-refractivity contribution is -0.114. The van der Waals surface area contributed by atoms with Crippen molar-refractivity contribution < 1.29 is 17.9 Å². The molecule has 3 atom stereocenters. The second-order valence-electron chi connectivity index (χ2n) is 6.86.